The first-order valence-corrected chi connectivity index (χ1v) is 6.57. The van der Waals surface area contributed by atoms with E-state index >= 15 is 0 Å². The van der Waals surface area contributed by atoms with Gasteiger partial charge < -0.3 is 15.6 Å². The fraction of sp³-hybridized carbons (Fsp3) is 0.533. The average Bonchev–Trinajstić information content (AvgIpc) is 2.43. The van der Waals surface area contributed by atoms with Crippen molar-refractivity contribution >= 4 is 5.97 Å². The predicted molar refractivity (Wildman–Crippen MR) is 74.8 cm³/mol. The number of methoxy groups -OCH3 is 1. The normalized spacial score (nSPS) is 14.2. The van der Waals surface area contributed by atoms with E-state index in [2.05, 4.69) is 18.6 Å². The van der Waals surface area contributed by atoms with E-state index in [-0.39, 0.29) is 0 Å². The number of aliphatic hydroxyl groups excluding tert-OH is 1. The molecule has 0 heterocycles. The minimum atomic E-state index is -0.602. The highest BCUT2D eigenvalue weighted by Gasteiger charge is 2.18. The molecule has 0 unspecified atom stereocenters. The molecule has 0 bridgehead atoms. The third-order valence-electron chi connectivity index (χ3n) is 3.15. The predicted octanol–water partition coefficient (Wildman–Crippen LogP) is 2.27. The summed E-state index contributed by atoms with van der Waals surface area (Å²) in [6.07, 6.45) is 0.975. The molecule has 0 saturated heterocycles. The Bertz CT molecular complexity index is 418. The van der Waals surface area contributed by atoms with Gasteiger partial charge in [0.05, 0.1) is 24.8 Å². The van der Waals surface area contributed by atoms with Gasteiger partial charge in [-0.15, -0.1) is 0 Å². The van der Waals surface area contributed by atoms with Crippen LogP contribution in [-0.4, -0.2) is 24.3 Å². The van der Waals surface area contributed by atoms with Crippen molar-refractivity contribution in [3.63, 3.8) is 0 Å². The Morgan fingerprint density at radius 2 is 2.05 bits per heavy atom. The van der Waals surface area contributed by atoms with Crippen molar-refractivity contribution in [1.82, 2.24) is 0 Å². The maximum Gasteiger partial charge on any atom is 0.337 e. The molecule has 4 nitrogen and oxygen atoms in total. The zero-order chi connectivity index (χ0) is 14.4. The number of esters is 1. The Kier molecular flexibility index (Phi) is 5.99. The van der Waals surface area contributed by atoms with Crippen molar-refractivity contribution in [2.24, 2.45) is 11.7 Å². The van der Waals surface area contributed by atoms with Gasteiger partial charge in [-0.05, 0) is 36.5 Å². The van der Waals surface area contributed by atoms with Crippen molar-refractivity contribution in [3.8, 4) is 0 Å². The number of benzene rings is 1. The maximum atomic E-state index is 11.4. The van der Waals surface area contributed by atoms with E-state index in [9.17, 15) is 9.90 Å². The summed E-state index contributed by atoms with van der Waals surface area (Å²) < 4.78 is 4.67. The first-order valence-electron chi connectivity index (χ1n) is 6.57. The highest BCUT2D eigenvalue weighted by Crippen LogP contribution is 2.20. The lowest BCUT2D eigenvalue weighted by atomic mass is 9.95. The van der Waals surface area contributed by atoms with Crippen LogP contribution in [0.1, 0.15) is 48.7 Å². The van der Waals surface area contributed by atoms with Crippen LogP contribution in [0.15, 0.2) is 24.3 Å². The van der Waals surface area contributed by atoms with E-state index in [0.717, 1.165) is 12.0 Å². The Labute approximate surface area is 114 Å². The summed E-state index contributed by atoms with van der Waals surface area (Å²) in [5.74, 6) is 0.133. The number of hydrogen-bond donors (Lipinski definition) is 2. The van der Waals surface area contributed by atoms with Gasteiger partial charge in [-0.3, -0.25) is 0 Å². The third-order valence-corrected chi connectivity index (χ3v) is 3.15. The van der Waals surface area contributed by atoms with Crippen LogP contribution in [0.4, 0.5) is 0 Å². The standard InChI is InChI=1S/C15H23NO3/c1-10(2)7-8-13(17)14(16)11-5-4-6-12(9-11)15(18)19-3/h4-6,9-10,13-14,17H,7-8,16H2,1-3H3/t13-,14+/m1/s1. The molecule has 1 aromatic rings. The van der Waals surface area contributed by atoms with E-state index in [1.807, 2.05) is 6.07 Å². The Morgan fingerprint density at radius 1 is 1.37 bits per heavy atom. The first kappa shape index (κ1) is 15.7. The van der Waals surface area contributed by atoms with Crippen molar-refractivity contribution in [3.05, 3.63) is 35.4 Å². The minimum Gasteiger partial charge on any atom is -0.465 e. The summed E-state index contributed by atoms with van der Waals surface area (Å²) in [6, 6.07) is 6.42. The molecule has 19 heavy (non-hydrogen) atoms. The number of carbonyl (C=O) groups excluding carboxylic acids is 1. The fourth-order valence-corrected chi connectivity index (χ4v) is 1.90. The molecule has 0 saturated carbocycles. The van der Waals surface area contributed by atoms with Gasteiger partial charge in [0.25, 0.3) is 0 Å². The molecule has 0 aliphatic rings. The summed E-state index contributed by atoms with van der Waals surface area (Å²) >= 11 is 0. The van der Waals surface area contributed by atoms with Gasteiger partial charge in [-0.1, -0.05) is 26.0 Å². The van der Waals surface area contributed by atoms with Gasteiger partial charge >= 0.3 is 5.97 Å². The van der Waals surface area contributed by atoms with E-state index in [4.69, 9.17) is 5.73 Å². The molecule has 0 fully saturated rings. The van der Waals surface area contributed by atoms with E-state index in [1.54, 1.807) is 18.2 Å². The highest BCUT2D eigenvalue weighted by atomic mass is 16.5. The number of carbonyl (C=O) groups is 1. The minimum absolute atomic E-state index is 0.397. The summed E-state index contributed by atoms with van der Waals surface area (Å²) in [6.45, 7) is 4.21. The topological polar surface area (TPSA) is 72.5 Å². The smallest absolute Gasteiger partial charge is 0.337 e. The van der Waals surface area contributed by atoms with Crippen molar-refractivity contribution in [2.75, 3.05) is 7.11 Å². The van der Waals surface area contributed by atoms with E-state index in [1.165, 1.54) is 7.11 Å². The third kappa shape index (κ3) is 4.65. The van der Waals surface area contributed by atoms with Gasteiger partial charge in [0.15, 0.2) is 0 Å². The molecule has 0 spiro atoms. The number of rotatable bonds is 6. The van der Waals surface area contributed by atoms with Gasteiger partial charge in [-0.2, -0.15) is 0 Å². The average molecular weight is 265 g/mol. The molecule has 0 aromatic heterocycles. The van der Waals surface area contributed by atoms with E-state index in [0.29, 0.717) is 17.9 Å². The first-order chi connectivity index (χ1) is 8.95. The zero-order valence-electron chi connectivity index (χ0n) is 11.8. The van der Waals surface area contributed by atoms with Crippen LogP contribution >= 0.6 is 0 Å². The van der Waals surface area contributed by atoms with Gasteiger partial charge in [0.2, 0.25) is 0 Å². The molecule has 0 radical (unpaired) electrons. The Hall–Kier alpha value is -1.39. The number of hydrogen-bond acceptors (Lipinski definition) is 4. The number of aliphatic hydroxyl groups is 1. The SMILES string of the molecule is COC(=O)c1cccc([C@H](N)[C@H](O)CCC(C)C)c1. The molecule has 2 atom stereocenters. The van der Waals surface area contributed by atoms with Crippen LogP contribution in [0, 0.1) is 5.92 Å². The van der Waals surface area contributed by atoms with Crippen LogP contribution < -0.4 is 5.73 Å². The molecule has 0 aliphatic carbocycles. The second-order valence-corrected chi connectivity index (χ2v) is 5.18. The van der Waals surface area contributed by atoms with Crippen LogP contribution in [-0.2, 0) is 4.74 Å². The second-order valence-electron chi connectivity index (χ2n) is 5.18. The summed E-state index contributed by atoms with van der Waals surface area (Å²) in [4.78, 5) is 11.4. The molecule has 0 amide bonds. The van der Waals surface area contributed by atoms with Crippen LogP contribution in [0.3, 0.4) is 0 Å². The quantitative estimate of drug-likeness (QED) is 0.774. The second kappa shape index (κ2) is 7.26. The van der Waals surface area contributed by atoms with Crippen LogP contribution in [0.5, 0.6) is 0 Å². The molecule has 1 rings (SSSR count). The molecule has 4 heteroatoms. The number of ether oxygens (including phenoxy) is 1. The van der Waals surface area contributed by atoms with Crippen LogP contribution in [0.2, 0.25) is 0 Å². The molecule has 3 N–H and O–H groups in total. The van der Waals surface area contributed by atoms with Crippen LogP contribution in [0.25, 0.3) is 0 Å². The monoisotopic (exact) mass is 265 g/mol. The zero-order valence-corrected chi connectivity index (χ0v) is 11.8. The van der Waals surface area contributed by atoms with Crippen molar-refractivity contribution < 1.29 is 14.6 Å². The summed E-state index contributed by atoms with van der Waals surface area (Å²) in [5, 5.41) is 10.1. The van der Waals surface area contributed by atoms with Gasteiger partial charge in [0, 0.05) is 0 Å². The lowest BCUT2D eigenvalue weighted by Gasteiger charge is -2.20. The Morgan fingerprint density at radius 3 is 2.63 bits per heavy atom. The molecule has 1 aromatic carbocycles. The van der Waals surface area contributed by atoms with Crippen molar-refractivity contribution in [1.29, 1.82) is 0 Å². The molecule has 0 aliphatic heterocycles. The lowest BCUT2D eigenvalue weighted by Crippen LogP contribution is -2.26. The Balaban J connectivity index is 2.76. The van der Waals surface area contributed by atoms with Gasteiger partial charge in [0.1, 0.15) is 0 Å². The maximum absolute atomic E-state index is 11.4. The fourth-order valence-electron chi connectivity index (χ4n) is 1.90. The highest BCUT2D eigenvalue weighted by molar-refractivity contribution is 5.89. The summed E-state index contributed by atoms with van der Waals surface area (Å²) in [7, 11) is 1.34. The molecular weight excluding hydrogens is 242 g/mol. The number of nitrogens with two attached hydrogens (primary N) is 1. The molecule has 106 valence electrons. The molecular formula is C15H23NO3. The van der Waals surface area contributed by atoms with Gasteiger partial charge in [-0.25, -0.2) is 4.79 Å². The lowest BCUT2D eigenvalue weighted by molar-refractivity contribution is 0.0600. The van der Waals surface area contributed by atoms with Crippen molar-refractivity contribution in [2.45, 2.75) is 38.8 Å². The largest absolute Gasteiger partial charge is 0.465 e. The summed E-state index contributed by atoms with van der Waals surface area (Å²) in [5.41, 5.74) is 7.23. The van der Waals surface area contributed by atoms with E-state index < -0.39 is 18.1 Å².